The lowest BCUT2D eigenvalue weighted by Gasteiger charge is -2.53. The number of fused-ring (bicyclic) bond motifs is 1. The minimum atomic E-state index is -1.00. The average molecular weight is 481 g/mol. The molecule has 1 heterocycles. The second kappa shape index (κ2) is 9.16. The molecule has 0 aliphatic heterocycles. The van der Waals surface area contributed by atoms with E-state index in [0.717, 1.165) is 27.8 Å². The number of aryl methyl sites for hydroxylation is 3. The second-order valence-corrected chi connectivity index (χ2v) is 10.3. The third-order valence-corrected chi connectivity index (χ3v) is 7.43. The number of aromatic nitrogens is 2. The van der Waals surface area contributed by atoms with Gasteiger partial charge in [0.1, 0.15) is 11.6 Å². The lowest BCUT2D eigenvalue weighted by atomic mass is 9.57. The third-order valence-electron chi connectivity index (χ3n) is 6.87. The number of anilines is 1. The van der Waals surface area contributed by atoms with Crippen molar-refractivity contribution in [3.8, 4) is 0 Å². The van der Waals surface area contributed by atoms with Crippen molar-refractivity contribution in [3.05, 3.63) is 64.5 Å². The van der Waals surface area contributed by atoms with Crippen LogP contribution < -0.4 is 10.6 Å². The Kier molecular flexibility index (Phi) is 6.58. The van der Waals surface area contributed by atoms with Crippen molar-refractivity contribution in [2.45, 2.75) is 59.1 Å². The molecule has 4 rings (SSSR count). The minimum absolute atomic E-state index is 0.0507. The molecule has 1 atom stereocenters. The van der Waals surface area contributed by atoms with Crippen LogP contribution in [-0.2, 0) is 10.4 Å². The third kappa shape index (κ3) is 4.75. The van der Waals surface area contributed by atoms with Gasteiger partial charge in [0.15, 0.2) is 0 Å². The molecule has 34 heavy (non-hydrogen) atoms. The lowest BCUT2D eigenvalue weighted by Crippen LogP contribution is -2.55. The topological polar surface area (TPSA) is 87.1 Å². The van der Waals surface area contributed by atoms with Gasteiger partial charge in [-0.2, -0.15) is 0 Å². The number of nitrogens with zero attached hydrogens (tertiary/aromatic N) is 2. The number of benzene rings is 2. The zero-order valence-electron chi connectivity index (χ0n) is 20.5. The van der Waals surface area contributed by atoms with E-state index >= 15 is 0 Å². The summed E-state index contributed by atoms with van der Waals surface area (Å²) in [5, 5.41) is 18.8. The van der Waals surface area contributed by atoms with E-state index in [-0.39, 0.29) is 17.4 Å². The number of hydrogen-bond acceptors (Lipinski definition) is 5. The van der Waals surface area contributed by atoms with Crippen LogP contribution in [0.25, 0.3) is 10.9 Å². The van der Waals surface area contributed by atoms with E-state index in [1.807, 2.05) is 26.0 Å². The molecule has 1 amide bonds. The number of amides is 1. The van der Waals surface area contributed by atoms with Crippen molar-refractivity contribution in [2.75, 3.05) is 17.7 Å². The number of nitrogens with one attached hydrogen (secondary N) is 2. The molecule has 1 fully saturated rings. The fraction of sp³-hybridized carbons (Fsp3) is 0.444. The molecule has 0 unspecified atom stereocenters. The first-order valence-corrected chi connectivity index (χ1v) is 12.2. The van der Waals surface area contributed by atoms with Gasteiger partial charge >= 0.3 is 0 Å². The molecule has 0 bridgehead atoms. The van der Waals surface area contributed by atoms with Gasteiger partial charge in [0.2, 0.25) is 5.91 Å². The number of carbonyl (C=O) groups is 1. The van der Waals surface area contributed by atoms with Gasteiger partial charge in [0, 0.05) is 36.2 Å². The molecule has 3 N–H and O–H groups in total. The summed E-state index contributed by atoms with van der Waals surface area (Å²) in [5.41, 5.74) is 3.77. The van der Waals surface area contributed by atoms with E-state index in [2.05, 4.69) is 53.7 Å². The quantitative estimate of drug-likeness (QED) is 0.411. The fourth-order valence-corrected chi connectivity index (χ4v) is 5.38. The highest BCUT2D eigenvalue weighted by molar-refractivity contribution is 6.18. The summed E-state index contributed by atoms with van der Waals surface area (Å²) in [6, 6.07) is 12.5. The van der Waals surface area contributed by atoms with Gasteiger partial charge < -0.3 is 15.7 Å². The number of alkyl halides is 1. The number of carbonyl (C=O) groups excluding carboxylic acids is 1. The van der Waals surface area contributed by atoms with Gasteiger partial charge in [-0.25, -0.2) is 9.97 Å². The van der Waals surface area contributed by atoms with Crippen molar-refractivity contribution in [1.82, 2.24) is 15.3 Å². The van der Waals surface area contributed by atoms with Crippen LogP contribution in [-0.4, -0.2) is 33.4 Å². The lowest BCUT2D eigenvalue weighted by molar-refractivity contribution is -0.132. The number of halogens is 1. The Morgan fingerprint density at radius 1 is 1.18 bits per heavy atom. The summed E-state index contributed by atoms with van der Waals surface area (Å²) in [5.74, 6) is 1.74. The van der Waals surface area contributed by atoms with Crippen molar-refractivity contribution in [3.63, 3.8) is 0 Å². The Morgan fingerprint density at radius 2 is 1.91 bits per heavy atom. The fourth-order valence-electron chi connectivity index (χ4n) is 5.10. The zero-order chi connectivity index (χ0) is 24.7. The van der Waals surface area contributed by atoms with E-state index < -0.39 is 5.60 Å². The highest BCUT2D eigenvalue weighted by atomic mass is 35.5. The van der Waals surface area contributed by atoms with Crippen LogP contribution in [0.3, 0.4) is 0 Å². The summed E-state index contributed by atoms with van der Waals surface area (Å²) in [4.78, 5) is 20.8. The predicted octanol–water partition coefficient (Wildman–Crippen LogP) is 5.07. The normalized spacial score (nSPS) is 22.8. The Morgan fingerprint density at radius 3 is 2.56 bits per heavy atom. The van der Waals surface area contributed by atoms with Crippen LogP contribution in [0.5, 0.6) is 0 Å². The molecule has 0 radical (unpaired) electrons. The van der Waals surface area contributed by atoms with Gasteiger partial charge in [-0.3, -0.25) is 4.79 Å². The summed E-state index contributed by atoms with van der Waals surface area (Å²) in [7, 11) is 0. The van der Waals surface area contributed by atoms with Crippen LogP contribution >= 0.6 is 11.6 Å². The first kappa shape index (κ1) is 24.4. The van der Waals surface area contributed by atoms with Gasteiger partial charge in [0.25, 0.3) is 0 Å². The summed E-state index contributed by atoms with van der Waals surface area (Å²) in [6.45, 7) is 10.1. The molecule has 7 heteroatoms. The summed E-state index contributed by atoms with van der Waals surface area (Å²) in [6.07, 6.45) is 0.980. The van der Waals surface area contributed by atoms with E-state index in [1.165, 1.54) is 18.1 Å². The Balaban J connectivity index is 1.68. The Hall–Kier alpha value is -2.70. The standard InChI is InChI=1S/C27H33ClN4O2/c1-16-7-6-8-21(9-16)18(3)30-25-23-11-22(10-17(2)24(23)31-19(4)32-25)27(34)12-26(13-27,14-28)15-29-20(5)33/h6-11,18,34H,12-15H2,1-5H3,(H,29,33)(H,30,31,32)/t18-,26?,27?/m1/s1. The molecule has 6 nitrogen and oxygen atoms in total. The van der Waals surface area contributed by atoms with E-state index in [9.17, 15) is 9.90 Å². The van der Waals surface area contributed by atoms with Crippen LogP contribution in [0.4, 0.5) is 5.82 Å². The van der Waals surface area contributed by atoms with Crippen molar-refractivity contribution >= 4 is 34.2 Å². The van der Waals surface area contributed by atoms with Crippen LogP contribution in [0.2, 0.25) is 0 Å². The summed E-state index contributed by atoms with van der Waals surface area (Å²) >= 11 is 6.26. The van der Waals surface area contributed by atoms with Crippen LogP contribution in [0.1, 0.15) is 60.8 Å². The molecule has 1 saturated carbocycles. The molecular formula is C27H33ClN4O2. The first-order valence-electron chi connectivity index (χ1n) is 11.7. The molecule has 1 aliphatic rings. The maximum absolute atomic E-state index is 11.5. The number of aliphatic hydroxyl groups is 1. The molecular weight excluding hydrogens is 448 g/mol. The average Bonchev–Trinajstić information content (AvgIpc) is 2.76. The molecule has 3 aromatic rings. The van der Waals surface area contributed by atoms with Gasteiger partial charge in [-0.05, 0) is 63.3 Å². The number of rotatable bonds is 7. The monoisotopic (exact) mass is 480 g/mol. The van der Waals surface area contributed by atoms with Crippen molar-refractivity contribution in [2.24, 2.45) is 5.41 Å². The van der Waals surface area contributed by atoms with Crippen molar-refractivity contribution < 1.29 is 9.90 Å². The highest BCUT2D eigenvalue weighted by Crippen LogP contribution is 2.55. The zero-order valence-corrected chi connectivity index (χ0v) is 21.3. The Labute approximate surface area is 206 Å². The maximum atomic E-state index is 11.5. The summed E-state index contributed by atoms with van der Waals surface area (Å²) < 4.78 is 0. The highest BCUT2D eigenvalue weighted by Gasteiger charge is 2.54. The molecule has 0 spiro atoms. The van der Waals surface area contributed by atoms with Crippen LogP contribution in [0, 0.1) is 26.2 Å². The molecule has 2 aromatic carbocycles. The second-order valence-electron chi connectivity index (χ2n) is 10.0. The molecule has 180 valence electrons. The molecule has 1 aliphatic carbocycles. The largest absolute Gasteiger partial charge is 0.385 e. The van der Waals surface area contributed by atoms with Gasteiger partial charge in [-0.1, -0.05) is 35.9 Å². The first-order chi connectivity index (χ1) is 16.0. The Bertz CT molecular complexity index is 1240. The smallest absolute Gasteiger partial charge is 0.216 e. The predicted molar refractivity (Wildman–Crippen MR) is 137 cm³/mol. The van der Waals surface area contributed by atoms with Gasteiger partial charge in [-0.15, -0.1) is 11.6 Å². The van der Waals surface area contributed by atoms with E-state index in [0.29, 0.717) is 31.1 Å². The minimum Gasteiger partial charge on any atom is -0.385 e. The van der Waals surface area contributed by atoms with Crippen molar-refractivity contribution in [1.29, 1.82) is 0 Å². The SMILES string of the molecule is CC(=O)NCC1(CCl)CC(O)(c2cc(C)c3nc(C)nc(N[C@H](C)c4cccc(C)c4)c3c2)C1. The number of hydrogen-bond donors (Lipinski definition) is 3. The molecule has 0 saturated heterocycles. The molecule has 1 aromatic heterocycles. The van der Waals surface area contributed by atoms with E-state index in [4.69, 9.17) is 16.6 Å². The van der Waals surface area contributed by atoms with E-state index in [1.54, 1.807) is 0 Å². The van der Waals surface area contributed by atoms with Crippen LogP contribution in [0.15, 0.2) is 36.4 Å². The van der Waals surface area contributed by atoms with Gasteiger partial charge in [0.05, 0.1) is 11.1 Å². The maximum Gasteiger partial charge on any atom is 0.216 e.